The number of rotatable bonds is 8. The first-order valence-corrected chi connectivity index (χ1v) is 8.91. The normalized spacial score (nSPS) is 11.3. The minimum Gasteiger partial charge on any atom is -0.356 e. The molecule has 3 N–H and O–H groups in total. The second-order valence-electron chi connectivity index (χ2n) is 6.04. The summed E-state index contributed by atoms with van der Waals surface area (Å²) >= 11 is 0. The van der Waals surface area contributed by atoms with Crippen LogP contribution in [-0.2, 0) is 11.3 Å². The van der Waals surface area contributed by atoms with E-state index in [9.17, 15) is 4.79 Å². The molecule has 1 aromatic heterocycles. The summed E-state index contributed by atoms with van der Waals surface area (Å²) < 4.78 is 0. The van der Waals surface area contributed by atoms with Gasteiger partial charge in [-0.3, -0.25) is 9.79 Å². The molecule has 0 atom stereocenters. The number of carbonyl (C=O) groups is 1. The maximum absolute atomic E-state index is 11.7. The number of nitrogens with zero attached hydrogens (tertiary/aromatic N) is 3. The van der Waals surface area contributed by atoms with Crippen molar-refractivity contribution < 1.29 is 4.79 Å². The predicted octanol–water partition coefficient (Wildman–Crippen LogP) is 2.00. The lowest BCUT2D eigenvalue weighted by Crippen LogP contribution is -2.40. The van der Waals surface area contributed by atoms with Gasteiger partial charge in [0.25, 0.3) is 0 Å². The van der Waals surface area contributed by atoms with Gasteiger partial charge >= 0.3 is 0 Å². The van der Waals surface area contributed by atoms with Crippen LogP contribution >= 0.6 is 0 Å². The minimum atomic E-state index is 0.0518. The lowest BCUT2D eigenvalue weighted by molar-refractivity contribution is -0.120. The molecule has 0 radical (unpaired) electrons. The Morgan fingerprint density at radius 3 is 2.69 bits per heavy atom. The molecule has 0 spiro atoms. The van der Waals surface area contributed by atoms with Crippen molar-refractivity contribution in [2.24, 2.45) is 4.99 Å². The minimum absolute atomic E-state index is 0.0518. The number of aromatic nitrogens is 2. The molecule has 140 valence electrons. The van der Waals surface area contributed by atoms with E-state index in [0.29, 0.717) is 19.5 Å². The van der Waals surface area contributed by atoms with Gasteiger partial charge < -0.3 is 20.5 Å². The Hall–Kier alpha value is -2.83. The quantitative estimate of drug-likeness (QED) is 0.499. The van der Waals surface area contributed by atoms with E-state index in [1.165, 1.54) is 0 Å². The Balaban J connectivity index is 1.84. The summed E-state index contributed by atoms with van der Waals surface area (Å²) in [4.78, 5) is 25.7. The molecule has 1 aromatic carbocycles. The maximum atomic E-state index is 11.7. The number of hydrogen-bond donors (Lipinski definition) is 3. The molecule has 0 aliphatic carbocycles. The van der Waals surface area contributed by atoms with Crippen molar-refractivity contribution in [2.45, 2.75) is 26.3 Å². The van der Waals surface area contributed by atoms with Gasteiger partial charge in [0.1, 0.15) is 5.82 Å². The van der Waals surface area contributed by atoms with E-state index >= 15 is 0 Å². The number of aromatic amines is 1. The molecule has 7 heteroatoms. The van der Waals surface area contributed by atoms with Crippen LogP contribution in [0.1, 0.15) is 25.6 Å². The summed E-state index contributed by atoms with van der Waals surface area (Å²) in [6, 6.07) is 10.1. The SMILES string of the molecule is CCCNC(=O)CCNC(=NC)N(C)Cc1ncc(-c2ccccc2)[nH]1. The number of H-pyrrole nitrogens is 1. The van der Waals surface area contributed by atoms with Gasteiger partial charge in [0.2, 0.25) is 5.91 Å². The topological polar surface area (TPSA) is 85.4 Å². The van der Waals surface area contributed by atoms with Crippen LogP contribution in [0, 0.1) is 0 Å². The van der Waals surface area contributed by atoms with Crippen molar-refractivity contribution in [1.29, 1.82) is 0 Å². The van der Waals surface area contributed by atoms with Gasteiger partial charge in [-0.1, -0.05) is 37.3 Å². The maximum Gasteiger partial charge on any atom is 0.221 e. The lowest BCUT2D eigenvalue weighted by atomic mass is 10.2. The predicted molar refractivity (Wildman–Crippen MR) is 105 cm³/mol. The first-order valence-electron chi connectivity index (χ1n) is 8.91. The fourth-order valence-corrected chi connectivity index (χ4v) is 2.53. The molecule has 0 aliphatic rings. The molecule has 1 heterocycles. The van der Waals surface area contributed by atoms with E-state index in [1.807, 2.05) is 55.4 Å². The zero-order valence-electron chi connectivity index (χ0n) is 15.7. The Labute approximate surface area is 154 Å². The molecule has 2 rings (SSSR count). The van der Waals surface area contributed by atoms with Gasteiger partial charge in [-0.25, -0.2) is 4.98 Å². The summed E-state index contributed by atoms with van der Waals surface area (Å²) in [5.74, 6) is 1.64. The number of imidazole rings is 1. The summed E-state index contributed by atoms with van der Waals surface area (Å²) in [5, 5.41) is 6.07. The molecule has 2 aromatic rings. The highest BCUT2D eigenvalue weighted by molar-refractivity contribution is 5.81. The van der Waals surface area contributed by atoms with Crippen molar-refractivity contribution in [2.75, 3.05) is 27.2 Å². The van der Waals surface area contributed by atoms with Gasteiger partial charge in [-0.05, 0) is 12.0 Å². The van der Waals surface area contributed by atoms with Crippen molar-refractivity contribution >= 4 is 11.9 Å². The largest absolute Gasteiger partial charge is 0.356 e. The Morgan fingerprint density at radius 2 is 2.00 bits per heavy atom. The van der Waals surface area contributed by atoms with Gasteiger partial charge in [0.15, 0.2) is 5.96 Å². The summed E-state index contributed by atoms with van der Waals surface area (Å²) in [5.41, 5.74) is 2.10. The number of benzene rings is 1. The standard InChI is InChI=1S/C19H28N6O/c1-4-11-21-18(26)10-12-22-19(20-2)25(3)14-17-23-13-16(24-17)15-8-6-5-7-9-15/h5-9,13H,4,10-12,14H2,1-3H3,(H,20,22)(H,21,26)(H,23,24). The van der Waals surface area contributed by atoms with Crippen LogP contribution in [-0.4, -0.2) is 53.9 Å². The molecule has 0 unspecified atom stereocenters. The Bertz CT molecular complexity index is 710. The summed E-state index contributed by atoms with van der Waals surface area (Å²) in [6.07, 6.45) is 3.20. The second-order valence-corrected chi connectivity index (χ2v) is 6.04. The van der Waals surface area contributed by atoms with E-state index in [0.717, 1.165) is 36.0 Å². The van der Waals surface area contributed by atoms with Gasteiger partial charge in [-0.2, -0.15) is 0 Å². The monoisotopic (exact) mass is 356 g/mol. The van der Waals surface area contributed by atoms with Crippen LogP contribution in [0.4, 0.5) is 0 Å². The van der Waals surface area contributed by atoms with E-state index < -0.39 is 0 Å². The third-order valence-electron chi connectivity index (χ3n) is 3.88. The zero-order chi connectivity index (χ0) is 18.8. The fourth-order valence-electron chi connectivity index (χ4n) is 2.53. The average Bonchev–Trinajstić information content (AvgIpc) is 3.12. The number of aliphatic imine (C=N–C) groups is 1. The highest BCUT2D eigenvalue weighted by Crippen LogP contribution is 2.16. The van der Waals surface area contributed by atoms with Crippen LogP contribution in [0.15, 0.2) is 41.5 Å². The van der Waals surface area contributed by atoms with E-state index in [1.54, 1.807) is 7.05 Å². The molecule has 0 fully saturated rings. The number of carbonyl (C=O) groups excluding carboxylic acids is 1. The highest BCUT2D eigenvalue weighted by Gasteiger charge is 2.10. The number of nitrogens with one attached hydrogen (secondary N) is 3. The van der Waals surface area contributed by atoms with Gasteiger partial charge in [0, 0.05) is 33.6 Å². The third kappa shape index (κ3) is 5.91. The van der Waals surface area contributed by atoms with Crippen molar-refractivity contribution in [3.05, 3.63) is 42.4 Å². The van der Waals surface area contributed by atoms with Crippen LogP contribution in [0.3, 0.4) is 0 Å². The van der Waals surface area contributed by atoms with E-state index in [2.05, 4.69) is 25.6 Å². The van der Waals surface area contributed by atoms with E-state index in [4.69, 9.17) is 0 Å². The first-order chi connectivity index (χ1) is 12.6. The Morgan fingerprint density at radius 1 is 1.23 bits per heavy atom. The van der Waals surface area contributed by atoms with Crippen LogP contribution in [0.2, 0.25) is 0 Å². The second kappa shape index (κ2) is 10.2. The smallest absolute Gasteiger partial charge is 0.221 e. The number of amides is 1. The molecule has 1 amide bonds. The molecule has 0 bridgehead atoms. The van der Waals surface area contributed by atoms with Crippen molar-refractivity contribution in [3.63, 3.8) is 0 Å². The van der Waals surface area contributed by atoms with Crippen molar-refractivity contribution in [1.82, 2.24) is 25.5 Å². The summed E-state index contributed by atoms with van der Waals surface area (Å²) in [7, 11) is 3.67. The fraction of sp³-hybridized carbons (Fsp3) is 0.421. The third-order valence-corrected chi connectivity index (χ3v) is 3.88. The molecule has 0 saturated heterocycles. The molecular formula is C19H28N6O. The molecular weight excluding hydrogens is 328 g/mol. The number of guanidine groups is 1. The molecule has 0 saturated carbocycles. The van der Waals surface area contributed by atoms with Crippen LogP contribution in [0.25, 0.3) is 11.3 Å². The zero-order valence-corrected chi connectivity index (χ0v) is 15.7. The number of hydrogen-bond acceptors (Lipinski definition) is 3. The molecule has 0 aliphatic heterocycles. The lowest BCUT2D eigenvalue weighted by Gasteiger charge is -2.21. The van der Waals surface area contributed by atoms with Crippen LogP contribution in [0.5, 0.6) is 0 Å². The van der Waals surface area contributed by atoms with Crippen LogP contribution < -0.4 is 10.6 Å². The first kappa shape index (κ1) is 19.5. The molecule has 7 nitrogen and oxygen atoms in total. The van der Waals surface area contributed by atoms with Gasteiger partial charge in [-0.15, -0.1) is 0 Å². The average molecular weight is 356 g/mol. The summed E-state index contributed by atoms with van der Waals surface area (Å²) in [6.45, 7) is 3.89. The Kier molecular flexibility index (Phi) is 7.67. The van der Waals surface area contributed by atoms with E-state index in [-0.39, 0.29) is 5.91 Å². The van der Waals surface area contributed by atoms with Gasteiger partial charge in [0.05, 0.1) is 18.4 Å². The van der Waals surface area contributed by atoms with Crippen molar-refractivity contribution in [3.8, 4) is 11.3 Å². The molecule has 26 heavy (non-hydrogen) atoms. The highest BCUT2D eigenvalue weighted by atomic mass is 16.1.